The molecule has 0 bridgehead atoms. The van der Waals surface area contributed by atoms with Gasteiger partial charge in [0.15, 0.2) is 0 Å². The summed E-state index contributed by atoms with van der Waals surface area (Å²) in [6.45, 7) is 0.769. The van der Waals surface area contributed by atoms with Gasteiger partial charge in [-0.1, -0.05) is 11.6 Å². The zero-order valence-electron chi connectivity index (χ0n) is 7.50. The average Bonchev–Trinajstić information content (AvgIpc) is 2.15. The van der Waals surface area contributed by atoms with Crippen molar-refractivity contribution in [2.24, 2.45) is 0 Å². The molecule has 0 aliphatic carbocycles. The van der Waals surface area contributed by atoms with Crippen LogP contribution in [0.15, 0.2) is 18.3 Å². The number of rotatable bonds is 4. The lowest BCUT2D eigenvalue weighted by molar-refractivity contribution is 0.163. The van der Waals surface area contributed by atoms with E-state index in [-0.39, 0.29) is 0 Å². The summed E-state index contributed by atoms with van der Waals surface area (Å²) in [5, 5.41) is 13.2. The molecule has 1 heterocycles. The number of nitrogens with one attached hydrogen (secondary N) is 1. The molecule has 13 heavy (non-hydrogen) atoms. The number of hydrogen-bond donors (Lipinski definition) is 2. The van der Waals surface area contributed by atoms with Crippen LogP contribution < -0.4 is 5.32 Å². The van der Waals surface area contributed by atoms with Gasteiger partial charge in [0, 0.05) is 6.20 Å². The van der Waals surface area contributed by atoms with Gasteiger partial charge >= 0.3 is 0 Å². The lowest BCUT2D eigenvalue weighted by Gasteiger charge is -2.08. The third-order valence-corrected chi connectivity index (χ3v) is 1.98. The van der Waals surface area contributed by atoms with Crippen LogP contribution in [0.3, 0.4) is 0 Å². The Morgan fingerprint density at radius 3 is 2.92 bits per heavy atom. The van der Waals surface area contributed by atoms with Crippen LogP contribution in [0.2, 0.25) is 5.02 Å². The summed E-state index contributed by atoms with van der Waals surface area (Å²) in [5.74, 6) is 0. The Morgan fingerprint density at radius 1 is 1.62 bits per heavy atom. The number of pyridine rings is 1. The van der Waals surface area contributed by atoms with Gasteiger partial charge in [0.2, 0.25) is 0 Å². The van der Waals surface area contributed by atoms with Crippen molar-refractivity contribution in [1.82, 2.24) is 10.3 Å². The van der Waals surface area contributed by atoms with E-state index in [9.17, 15) is 5.11 Å². The smallest absolute Gasteiger partial charge is 0.0971 e. The Hall–Kier alpha value is -0.640. The van der Waals surface area contributed by atoms with Crippen molar-refractivity contribution >= 4 is 11.6 Å². The molecule has 72 valence electrons. The molecule has 1 aromatic rings. The second kappa shape index (κ2) is 5.17. The quantitative estimate of drug-likeness (QED) is 0.772. The highest BCUT2D eigenvalue weighted by atomic mass is 35.5. The molecule has 0 aliphatic rings. The van der Waals surface area contributed by atoms with Crippen LogP contribution in [0, 0.1) is 0 Å². The van der Waals surface area contributed by atoms with E-state index in [4.69, 9.17) is 11.6 Å². The van der Waals surface area contributed by atoms with Crippen molar-refractivity contribution in [1.29, 1.82) is 0 Å². The maximum atomic E-state index is 9.60. The second-order valence-electron chi connectivity index (χ2n) is 2.81. The third-order valence-electron chi connectivity index (χ3n) is 1.76. The van der Waals surface area contributed by atoms with Crippen LogP contribution in [0.1, 0.15) is 18.2 Å². The first kappa shape index (κ1) is 10.4. The Bertz CT molecular complexity index is 250. The van der Waals surface area contributed by atoms with Crippen LogP contribution in [-0.4, -0.2) is 23.7 Å². The SMILES string of the molecule is CNCCC(O)c1ccc(Cl)cn1. The minimum Gasteiger partial charge on any atom is -0.387 e. The van der Waals surface area contributed by atoms with Crippen LogP contribution in [0.5, 0.6) is 0 Å². The van der Waals surface area contributed by atoms with Gasteiger partial charge in [-0.15, -0.1) is 0 Å². The van der Waals surface area contributed by atoms with Gasteiger partial charge < -0.3 is 10.4 Å². The molecule has 1 rings (SSSR count). The van der Waals surface area contributed by atoms with Crippen LogP contribution in [-0.2, 0) is 0 Å². The first-order valence-corrected chi connectivity index (χ1v) is 4.56. The molecule has 1 atom stereocenters. The number of aromatic nitrogens is 1. The fraction of sp³-hybridized carbons (Fsp3) is 0.444. The van der Waals surface area contributed by atoms with Crippen molar-refractivity contribution in [3.8, 4) is 0 Å². The molecule has 0 spiro atoms. The Labute approximate surface area is 82.8 Å². The van der Waals surface area contributed by atoms with E-state index < -0.39 is 6.10 Å². The molecule has 0 saturated heterocycles. The summed E-state index contributed by atoms with van der Waals surface area (Å²) in [4.78, 5) is 4.02. The molecule has 4 heteroatoms. The number of hydrogen-bond acceptors (Lipinski definition) is 3. The summed E-state index contributed by atoms with van der Waals surface area (Å²) >= 11 is 5.66. The first-order valence-electron chi connectivity index (χ1n) is 4.18. The average molecular weight is 201 g/mol. The molecule has 1 unspecified atom stereocenters. The van der Waals surface area contributed by atoms with Gasteiger partial charge in [0.05, 0.1) is 16.8 Å². The van der Waals surface area contributed by atoms with Gasteiger partial charge in [0.25, 0.3) is 0 Å². The standard InChI is InChI=1S/C9H13ClN2O/c1-11-5-4-9(13)8-3-2-7(10)6-12-8/h2-3,6,9,11,13H,4-5H2,1H3. The van der Waals surface area contributed by atoms with E-state index in [1.54, 1.807) is 18.3 Å². The van der Waals surface area contributed by atoms with Crippen molar-refractivity contribution < 1.29 is 5.11 Å². The van der Waals surface area contributed by atoms with Gasteiger partial charge in [0.1, 0.15) is 0 Å². The van der Waals surface area contributed by atoms with Crippen molar-refractivity contribution in [2.45, 2.75) is 12.5 Å². The molecule has 0 radical (unpaired) electrons. The Balaban J connectivity index is 2.55. The Morgan fingerprint density at radius 2 is 2.38 bits per heavy atom. The van der Waals surface area contributed by atoms with E-state index in [1.165, 1.54) is 0 Å². The monoisotopic (exact) mass is 200 g/mol. The topological polar surface area (TPSA) is 45.1 Å². The number of halogens is 1. The zero-order chi connectivity index (χ0) is 9.68. The van der Waals surface area contributed by atoms with Crippen LogP contribution >= 0.6 is 11.6 Å². The zero-order valence-corrected chi connectivity index (χ0v) is 8.25. The second-order valence-corrected chi connectivity index (χ2v) is 3.25. The fourth-order valence-electron chi connectivity index (χ4n) is 1.01. The molecule has 0 fully saturated rings. The van der Waals surface area contributed by atoms with Crippen molar-refractivity contribution in [3.05, 3.63) is 29.0 Å². The normalized spacial score (nSPS) is 12.8. The highest BCUT2D eigenvalue weighted by Crippen LogP contribution is 2.15. The summed E-state index contributed by atoms with van der Waals surface area (Å²) in [6, 6.07) is 3.47. The lowest BCUT2D eigenvalue weighted by Crippen LogP contribution is -2.12. The molecular weight excluding hydrogens is 188 g/mol. The summed E-state index contributed by atoms with van der Waals surface area (Å²) in [7, 11) is 1.85. The van der Waals surface area contributed by atoms with Crippen molar-refractivity contribution in [3.63, 3.8) is 0 Å². The minimum atomic E-state index is -0.510. The minimum absolute atomic E-state index is 0.510. The molecule has 0 aromatic carbocycles. The molecule has 0 saturated carbocycles. The number of aliphatic hydroxyl groups excluding tert-OH is 1. The third kappa shape index (κ3) is 3.30. The van der Waals surface area contributed by atoms with E-state index in [1.807, 2.05) is 7.05 Å². The highest BCUT2D eigenvalue weighted by Gasteiger charge is 2.07. The predicted octanol–water partition coefficient (Wildman–Crippen LogP) is 1.38. The summed E-state index contributed by atoms with van der Waals surface area (Å²) in [6.07, 6.45) is 1.69. The molecule has 3 nitrogen and oxygen atoms in total. The van der Waals surface area contributed by atoms with E-state index in [0.717, 1.165) is 6.54 Å². The molecule has 2 N–H and O–H groups in total. The fourth-order valence-corrected chi connectivity index (χ4v) is 1.13. The van der Waals surface area contributed by atoms with E-state index >= 15 is 0 Å². The van der Waals surface area contributed by atoms with Crippen LogP contribution in [0.25, 0.3) is 0 Å². The van der Waals surface area contributed by atoms with Crippen molar-refractivity contribution in [2.75, 3.05) is 13.6 Å². The largest absolute Gasteiger partial charge is 0.387 e. The summed E-state index contributed by atoms with van der Waals surface area (Å²) in [5.41, 5.74) is 0.666. The van der Waals surface area contributed by atoms with Gasteiger partial charge in [-0.3, -0.25) is 4.98 Å². The molecule has 0 aliphatic heterocycles. The van der Waals surface area contributed by atoms with Crippen LogP contribution in [0.4, 0.5) is 0 Å². The summed E-state index contributed by atoms with van der Waals surface area (Å²) < 4.78 is 0. The van der Waals surface area contributed by atoms with Gasteiger partial charge in [-0.2, -0.15) is 0 Å². The Kier molecular flexibility index (Phi) is 4.15. The molecule has 1 aromatic heterocycles. The van der Waals surface area contributed by atoms with E-state index in [2.05, 4.69) is 10.3 Å². The first-order chi connectivity index (χ1) is 6.24. The highest BCUT2D eigenvalue weighted by molar-refractivity contribution is 6.30. The maximum Gasteiger partial charge on any atom is 0.0971 e. The van der Waals surface area contributed by atoms with Gasteiger partial charge in [-0.05, 0) is 32.1 Å². The van der Waals surface area contributed by atoms with E-state index in [0.29, 0.717) is 17.1 Å². The van der Waals surface area contributed by atoms with Gasteiger partial charge in [-0.25, -0.2) is 0 Å². The predicted molar refractivity (Wildman–Crippen MR) is 52.8 cm³/mol. The lowest BCUT2D eigenvalue weighted by atomic mass is 10.2. The number of nitrogens with zero attached hydrogens (tertiary/aromatic N) is 1. The molecule has 0 amide bonds. The molecular formula is C9H13ClN2O. The number of aliphatic hydroxyl groups is 1. The maximum absolute atomic E-state index is 9.60.